The van der Waals surface area contributed by atoms with Gasteiger partial charge in [-0.3, -0.25) is 9.78 Å². The van der Waals surface area contributed by atoms with Crippen molar-refractivity contribution in [2.24, 2.45) is 0 Å². The number of amides is 1. The minimum Gasteiger partial charge on any atom is -0.465 e. The number of carbonyl (C=O) groups excluding carboxylic acids is 1. The monoisotopic (exact) mass is 342 g/mol. The van der Waals surface area contributed by atoms with E-state index in [1.807, 2.05) is 11.8 Å². The van der Waals surface area contributed by atoms with Gasteiger partial charge in [-0.2, -0.15) is 0 Å². The first-order chi connectivity index (χ1) is 12.1. The summed E-state index contributed by atoms with van der Waals surface area (Å²) in [7, 11) is 0. The van der Waals surface area contributed by atoms with Crippen molar-refractivity contribution in [2.75, 3.05) is 25.4 Å². The smallest absolute Gasteiger partial charge is 0.257 e. The number of nitrogen functional groups attached to an aromatic ring is 1. The number of ether oxygens (including phenoxy) is 1. The Labute approximate surface area is 146 Å². The summed E-state index contributed by atoms with van der Waals surface area (Å²) in [5, 5.41) is 0. The van der Waals surface area contributed by atoms with Crippen molar-refractivity contribution < 1.29 is 13.9 Å². The molecular weight excluding hydrogens is 320 g/mol. The van der Waals surface area contributed by atoms with Crippen LogP contribution in [0.15, 0.2) is 16.8 Å². The van der Waals surface area contributed by atoms with E-state index in [0.717, 1.165) is 48.3 Å². The Balaban J connectivity index is 1.59. The van der Waals surface area contributed by atoms with Gasteiger partial charge < -0.3 is 19.8 Å². The van der Waals surface area contributed by atoms with Crippen LogP contribution in [0.25, 0.3) is 0 Å². The Hall–Kier alpha value is -2.41. The third-order valence-electron chi connectivity index (χ3n) is 4.98. The van der Waals surface area contributed by atoms with Crippen LogP contribution in [0.3, 0.4) is 0 Å². The van der Waals surface area contributed by atoms with Gasteiger partial charge in [0.15, 0.2) is 0 Å². The van der Waals surface area contributed by atoms with Crippen molar-refractivity contribution in [3.05, 3.63) is 40.7 Å². The minimum atomic E-state index is -0.352. The lowest BCUT2D eigenvalue weighted by molar-refractivity contribution is -0.0245. The van der Waals surface area contributed by atoms with Crippen LogP contribution in [0, 0.1) is 6.92 Å². The number of rotatable bonds is 2. The molecule has 2 aromatic rings. The summed E-state index contributed by atoms with van der Waals surface area (Å²) in [5.41, 5.74) is 8.33. The first-order valence-corrected chi connectivity index (χ1v) is 8.73. The van der Waals surface area contributed by atoms with E-state index >= 15 is 0 Å². The number of hydrogen-bond acceptors (Lipinski definition) is 6. The van der Waals surface area contributed by atoms with E-state index in [9.17, 15) is 4.79 Å². The molecule has 25 heavy (non-hydrogen) atoms. The van der Waals surface area contributed by atoms with Crippen LogP contribution in [0.2, 0.25) is 0 Å². The molecule has 1 atom stereocenters. The Morgan fingerprint density at radius 3 is 2.92 bits per heavy atom. The molecule has 2 N–H and O–H groups in total. The molecule has 1 fully saturated rings. The molecule has 1 amide bonds. The highest BCUT2D eigenvalue weighted by molar-refractivity contribution is 5.97. The number of nitrogens with two attached hydrogens (primary N) is 1. The predicted molar refractivity (Wildman–Crippen MR) is 91.1 cm³/mol. The summed E-state index contributed by atoms with van der Waals surface area (Å²) >= 11 is 0. The van der Waals surface area contributed by atoms with E-state index in [0.29, 0.717) is 31.2 Å². The zero-order chi connectivity index (χ0) is 17.4. The van der Waals surface area contributed by atoms with Crippen LogP contribution in [0.4, 0.5) is 5.82 Å². The van der Waals surface area contributed by atoms with Crippen molar-refractivity contribution in [1.29, 1.82) is 0 Å². The van der Waals surface area contributed by atoms with Crippen LogP contribution >= 0.6 is 0 Å². The number of aromatic nitrogens is 2. The Morgan fingerprint density at radius 2 is 2.08 bits per heavy atom. The number of hydrogen-bond donors (Lipinski definition) is 1. The molecule has 0 aromatic carbocycles. The summed E-state index contributed by atoms with van der Waals surface area (Å²) in [6, 6.07) is 0. The fraction of sp³-hybridized carbons (Fsp3) is 0.500. The van der Waals surface area contributed by atoms with E-state index in [1.54, 1.807) is 12.4 Å². The van der Waals surface area contributed by atoms with Crippen molar-refractivity contribution in [3.63, 3.8) is 0 Å². The van der Waals surface area contributed by atoms with Crippen LogP contribution in [0.5, 0.6) is 0 Å². The topological polar surface area (TPSA) is 94.5 Å². The Bertz CT molecular complexity index is 802. The number of anilines is 1. The fourth-order valence-corrected chi connectivity index (χ4v) is 3.75. The first-order valence-electron chi connectivity index (χ1n) is 8.73. The minimum absolute atomic E-state index is 0.0140. The number of morpholine rings is 1. The van der Waals surface area contributed by atoms with Gasteiger partial charge >= 0.3 is 0 Å². The highest BCUT2D eigenvalue weighted by atomic mass is 16.5. The van der Waals surface area contributed by atoms with Gasteiger partial charge in [0.05, 0.1) is 18.7 Å². The van der Waals surface area contributed by atoms with Crippen molar-refractivity contribution in [3.8, 4) is 0 Å². The molecule has 2 aliphatic rings. The van der Waals surface area contributed by atoms with Crippen LogP contribution in [-0.2, 0) is 17.6 Å². The van der Waals surface area contributed by atoms with Gasteiger partial charge in [-0.1, -0.05) is 0 Å². The standard InChI is InChI=1S/C18H22N4O3/c1-11-15(12-4-2-3-5-13(12)25-11)18(23)22-8-9-24-14(10-22)16-17(19)21-7-6-20-16/h6-7,14H,2-5,8-10H2,1H3,(H2,19,21)/t14-/m0/s1. The Morgan fingerprint density at radius 1 is 1.28 bits per heavy atom. The lowest BCUT2D eigenvalue weighted by atomic mass is 9.94. The van der Waals surface area contributed by atoms with Crippen molar-refractivity contribution in [1.82, 2.24) is 14.9 Å². The summed E-state index contributed by atoms with van der Waals surface area (Å²) < 4.78 is 11.6. The van der Waals surface area contributed by atoms with Gasteiger partial charge in [-0.05, 0) is 26.2 Å². The largest absolute Gasteiger partial charge is 0.465 e. The SMILES string of the molecule is Cc1oc2c(c1C(=O)N1CCO[C@H](c3nccnc3N)C1)CCCC2. The average molecular weight is 342 g/mol. The van der Waals surface area contributed by atoms with E-state index in [2.05, 4.69) is 9.97 Å². The van der Waals surface area contributed by atoms with E-state index < -0.39 is 0 Å². The van der Waals surface area contributed by atoms with Crippen molar-refractivity contribution in [2.45, 2.75) is 38.7 Å². The zero-order valence-electron chi connectivity index (χ0n) is 14.3. The molecule has 4 rings (SSSR count). The zero-order valence-corrected chi connectivity index (χ0v) is 14.3. The molecule has 0 radical (unpaired) electrons. The fourth-order valence-electron chi connectivity index (χ4n) is 3.75. The van der Waals surface area contributed by atoms with E-state index in [4.69, 9.17) is 14.9 Å². The summed E-state index contributed by atoms with van der Waals surface area (Å²) in [6.45, 7) is 3.30. The molecule has 132 valence electrons. The lowest BCUT2D eigenvalue weighted by Crippen LogP contribution is -2.43. The third-order valence-corrected chi connectivity index (χ3v) is 4.98. The normalized spacial score (nSPS) is 20.4. The highest BCUT2D eigenvalue weighted by Gasteiger charge is 2.32. The summed E-state index contributed by atoms with van der Waals surface area (Å²) in [5.74, 6) is 2.06. The van der Waals surface area contributed by atoms with Crippen LogP contribution in [0.1, 0.15) is 52.1 Å². The van der Waals surface area contributed by atoms with Gasteiger partial charge in [-0.15, -0.1) is 0 Å². The maximum Gasteiger partial charge on any atom is 0.257 e. The van der Waals surface area contributed by atoms with E-state index in [-0.39, 0.29) is 12.0 Å². The van der Waals surface area contributed by atoms with Gasteiger partial charge in [0.2, 0.25) is 0 Å². The summed E-state index contributed by atoms with van der Waals surface area (Å²) in [6.07, 6.45) is 6.85. The molecule has 1 aliphatic carbocycles. The van der Waals surface area contributed by atoms with E-state index in [1.165, 1.54) is 0 Å². The second kappa shape index (κ2) is 6.48. The number of carbonyl (C=O) groups is 1. The molecule has 0 saturated carbocycles. The molecule has 3 heterocycles. The van der Waals surface area contributed by atoms with Crippen molar-refractivity contribution >= 4 is 11.7 Å². The molecule has 7 nitrogen and oxygen atoms in total. The summed E-state index contributed by atoms with van der Waals surface area (Å²) in [4.78, 5) is 23.3. The molecule has 0 bridgehead atoms. The first kappa shape index (κ1) is 16.1. The maximum atomic E-state index is 13.2. The molecule has 0 unspecified atom stereocenters. The number of furan rings is 1. The second-order valence-corrected chi connectivity index (χ2v) is 6.58. The Kier molecular flexibility index (Phi) is 4.17. The van der Waals surface area contributed by atoms with Gasteiger partial charge in [0, 0.05) is 30.9 Å². The number of fused-ring (bicyclic) bond motifs is 1. The van der Waals surface area contributed by atoms with Gasteiger partial charge in [0.1, 0.15) is 29.1 Å². The lowest BCUT2D eigenvalue weighted by Gasteiger charge is -2.33. The molecular formula is C18H22N4O3. The van der Waals surface area contributed by atoms with Gasteiger partial charge in [-0.25, -0.2) is 4.98 Å². The number of nitrogens with zero attached hydrogens (tertiary/aromatic N) is 3. The second-order valence-electron chi connectivity index (χ2n) is 6.58. The molecule has 1 saturated heterocycles. The predicted octanol–water partition coefficient (Wildman–Crippen LogP) is 2.05. The van der Waals surface area contributed by atoms with Gasteiger partial charge in [0.25, 0.3) is 5.91 Å². The molecule has 1 aliphatic heterocycles. The molecule has 7 heteroatoms. The molecule has 0 spiro atoms. The average Bonchev–Trinajstić information content (AvgIpc) is 2.97. The number of aryl methyl sites for hydroxylation is 2. The quantitative estimate of drug-likeness (QED) is 0.897. The molecule has 2 aromatic heterocycles. The van der Waals surface area contributed by atoms with Crippen LogP contribution in [-0.4, -0.2) is 40.5 Å². The third kappa shape index (κ3) is 2.89. The highest BCUT2D eigenvalue weighted by Crippen LogP contribution is 2.32. The van der Waals surface area contributed by atoms with Crippen LogP contribution < -0.4 is 5.73 Å². The maximum absolute atomic E-state index is 13.2.